The van der Waals surface area contributed by atoms with Gasteiger partial charge in [0.25, 0.3) is 5.91 Å². The van der Waals surface area contributed by atoms with Gasteiger partial charge in [-0.3, -0.25) is 4.79 Å². The van der Waals surface area contributed by atoms with E-state index in [9.17, 15) is 10.1 Å². The first kappa shape index (κ1) is 20.9. The minimum Gasteiger partial charge on any atom is -0.495 e. The topological polar surface area (TPSA) is 71.3 Å². The molecule has 0 unspecified atom stereocenters. The van der Waals surface area contributed by atoms with Crippen LogP contribution in [0.2, 0.25) is 0 Å². The summed E-state index contributed by atoms with van der Waals surface area (Å²) in [5.41, 5.74) is 2.18. The van der Waals surface area contributed by atoms with Gasteiger partial charge in [-0.05, 0) is 54.0 Å². The van der Waals surface area contributed by atoms with Crippen LogP contribution < -0.4 is 14.8 Å². The number of methoxy groups -OCH3 is 1. The molecular weight excluding hydrogens is 376 g/mol. The number of rotatable bonds is 7. The molecule has 3 aromatic rings. The van der Waals surface area contributed by atoms with Crippen molar-refractivity contribution in [3.8, 4) is 17.6 Å². The lowest BCUT2D eigenvalue weighted by atomic mass is 10.0. The number of carbonyl (C=O) groups is 1. The molecule has 0 bridgehead atoms. The number of nitrogens with zero attached hydrogens (tertiary/aromatic N) is 1. The van der Waals surface area contributed by atoms with Gasteiger partial charge in [0, 0.05) is 5.56 Å². The fraction of sp³-hybridized carbons (Fsp3) is 0.200. The zero-order valence-electron chi connectivity index (χ0n) is 17.4. The van der Waals surface area contributed by atoms with Gasteiger partial charge in [0.1, 0.15) is 23.1 Å². The van der Waals surface area contributed by atoms with Crippen molar-refractivity contribution in [3.05, 3.63) is 71.3 Å². The van der Waals surface area contributed by atoms with Gasteiger partial charge < -0.3 is 14.8 Å². The predicted octanol–water partition coefficient (Wildman–Crippen LogP) is 5.49. The van der Waals surface area contributed by atoms with E-state index in [-0.39, 0.29) is 5.57 Å². The monoisotopic (exact) mass is 400 g/mol. The molecular formula is C25H24N2O3. The van der Waals surface area contributed by atoms with E-state index in [2.05, 4.69) is 5.32 Å². The third kappa shape index (κ3) is 4.61. The normalized spacial score (nSPS) is 11.1. The van der Waals surface area contributed by atoms with Crippen molar-refractivity contribution in [2.75, 3.05) is 19.0 Å². The number of ether oxygens (including phenoxy) is 2. The molecule has 0 aliphatic rings. The molecule has 1 amide bonds. The van der Waals surface area contributed by atoms with Crippen LogP contribution in [0.3, 0.4) is 0 Å². The van der Waals surface area contributed by atoms with Crippen LogP contribution in [0.1, 0.15) is 24.5 Å². The molecule has 0 aromatic heterocycles. The summed E-state index contributed by atoms with van der Waals surface area (Å²) in [5, 5.41) is 14.4. The fourth-order valence-electron chi connectivity index (χ4n) is 3.16. The molecule has 5 heteroatoms. The highest BCUT2D eigenvalue weighted by molar-refractivity contribution is 6.11. The SMILES string of the molecule is CCCOc1ccc2ccccc2c1/C=C(\C#N)C(=O)Nc1cc(C)ccc1OC. The Hall–Kier alpha value is -3.78. The standard InChI is InChI=1S/C25H24N2O3/c1-4-13-30-23-12-10-18-7-5-6-8-20(18)21(23)15-19(16-26)25(28)27-22-14-17(2)9-11-24(22)29-3/h5-12,14-15H,4,13H2,1-3H3,(H,27,28)/b19-15+. The van der Waals surface area contributed by atoms with Crippen molar-refractivity contribution in [1.82, 2.24) is 0 Å². The first-order valence-corrected chi connectivity index (χ1v) is 9.79. The number of hydrogen-bond donors (Lipinski definition) is 1. The molecule has 30 heavy (non-hydrogen) atoms. The number of nitriles is 1. The van der Waals surface area contributed by atoms with E-state index in [4.69, 9.17) is 9.47 Å². The van der Waals surface area contributed by atoms with Gasteiger partial charge >= 0.3 is 0 Å². The maximum Gasteiger partial charge on any atom is 0.266 e. The van der Waals surface area contributed by atoms with Gasteiger partial charge in [-0.1, -0.05) is 43.3 Å². The summed E-state index contributed by atoms with van der Waals surface area (Å²) in [6, 6.07) is 19.2. The maximum atomic E-state index is 12.9. The minimum atomic E-state index is -0.504. The van der Waals surface area contributed by atoms with E-state index >= 15 is 0 Å². The number of nitrogens with one attached hydrogen (secondary N) is 1. The van der Waals surface area contributed by atoms with Gasteiger partial charge in [0.05, 0.1) is 19.4 Å². The third-order valence-electron chi connectivity index (χ3n) is 4.65. The number of aryl methyl sites for hydroxylation is 1. The molecule has 0 aliphatic heterocycles. The maximum absolute atomic E-state index is 12.9. The summed E-state index contributed by atoms with van der Waals surface area (Å²) >= 11 is 0. The van der Waals surface area contributed by atoms with Gasteiger partial charge in [0.2, 0.25) is 0 Å². The van der Waals surface area contributed by atoms with Crippen molar-refractivity contribution in [2.24, 2.45) is 0 Å². The van der Waals surface area contributed by atoms with Gasteiger partial charge in [-0.15, -0.1) is 0 Å². The molecule has 3 rings (SSSR count). The van der Waals surface area contributed by atoms with E-state index in [1.54, 1.807) is 18.2 Å². The van der Waals surface area contributed by atoms with E-state index in [0.717, 1.165) is 22.8 Å². The van der Waals surface area contributed by atoms with Crippen LogP contribution in [0.15, 0.2) is 60.2 Å². The Balaban J connectivity index is 2.03. The summed E-state index contributed by atoms with van der Waals surface area (Å²) in [5.74, 6) is 0.670. The second kappa shape index (κ2) is 9.62. The van der Waals surface area contributed by atoms with Gasteiger partial charge in [-0.25, -0.2) is 0 Å². The van der Waals surface area contributed by atoms with Crippen LogP contribution in [0, 0.1) is 18.3 Å². The zero-order valence-corrected chi connectivity index (χ0v) is 17.4. The van der Waals surface area contributed by atoms with E-state index < -0.39 is 5.91 Å². The Kier molecular flexibility index (Phi) is 6.71. The molecule has 0 saturated heterocycles. The molecule has 0 saturated carbocycles. The van der Waals surface area contributed by atoms with Crippen molar-refractivity contribution in [2.45, 2.75) is 20.3 Å². The minimum absolute atomic E-state index is 0.0174. The molecule has 0 fully saturated rings. The average molecular weight is 400 g/mol. The van der Waals surface area contributed by atoms with Crippen molar-refractivity contribution in [1.29, 1.82) is 5.26 Å². The van der Waals surface area contributed by atoms with E-state index in [1.807, 2.05) is 62.4 Å². The number of amides is 1. The summed E-state index contributed by atoms with van der Waals surface area (Å²) in [4.78, 5) is 12.9. The molecule has 152 valence electrons. The molecule has 5 nitrogen and oxygen atoms in total. The zero-order chi connectivity index (χ0) is 21.5. The number of fused-ring (bicyclic) bond motifs is 1. The highest BCUT2D eigenvalue weighted by Gasteiger charge is 2.15. The summed E-state index contributed by atoms with van der Waals surface area (Å²) < 4.78 is 11.2. The van der Waals surface area contributed by atoms with Crippen LogP contribution in [0.5, 0.6) is 11.5 Å². The van der Waals surface area contributed by atoms with Crippen LogP contribution in [0.25, 0.3) is 16.8 Å². The largest absolute Gasteiger partial charge is 0.495 e. The molecule has 3 aromatic carbocycles. The van der Waals surface area contributed by atoms with Crippen molar-refractivity contribution < 1.29 is 14.3 Å². The van der Waals surface area contributed by atoms with Crippen LogP contribution >= 0.6 is 0 Å². The van der Waals surface area contributed by atoms with Crippen LogP contribution in [-0.4, -0.2) is 19.6 Å². The quantitative estimate of drug-likeness (QED) is 0.420. The second-order valence-corrected chi connectivity index (χ2v) is 6.87. The lowest BCUT2D eigenvalue weighted by Gasteiger charge is -2.13. The lowest BCUT2D eigenvalue weighted by molar-refractivity contribution is -0.112. The first-order valence-electron chi connectivity index (χ1n) is 9.79. The van der Waals surface area contributed by atoms with E-state index in [1.165, 1.54) is 7.11 Å². The van der Waals surface area contributed by atoms with Crippen molar-refractivity contribution >= 4 is 28.4 Å². The smallest absolute Gasteiger partial charge is 0.266 e. The van der Waals surface area contributed by atoms with E-state index in [0.29, 0.717) is 29.4 Å². The van der Waals surface area contributed by atoms with Crippen molar-refractivity contribution in [3.63, 3.8) is 0 Å². The predicted molar refractivity (Wildman–Crippen MR) is 120 cm³/mol. The molecule has 0 atom stereocenters. The Morgan fingerprint density at radius 3 is 2.63 bits per heavy atom. The lowest BCUT2D eigenvalue weighted by Crippen LogP contribution is -2.14. The number of carbonyl (C=O) groups excluding carboxylic acids is 1. The Bertz CT molecular complexity index is 1140. The average Bonchev–Trinajstić information content (AvgIpc) is 2.76. The Labute approximate surface area is 176 Å². The molecule has 0 aliphatic carbocycles. The Morgan fingerprint density at radius 2 is 1.90 bits per heavy atom. The fourth-order valence-corrected chi connectivity index (χ4v) is 3.16. The summed E-state index contributed by atoms with van der Waals surface area (Å²) in [7, 11) is 1.54. The van der Waals surface area contributed by atoms with Gasteiger partial charge in [0.15, 0.2) is 0 Å². The van der Waals surface area contributed by atoms with Crippen LogP contribution in [-0.2, 0) is 4.79 Å². The second-order valence-electron chi connectivity index (χ2n) is 6.87. The Morgan fingerprint density at radius 1 is 1.13 bits per heavy atom. The number of hydrogen-bond acceptors (Lipinski definition) is 4. The van der Waals surface area contributed by atoms with Gasteiger partial charge in [-0.2, -0.15) is 5.26 Å². The molecule has 0 spiro atoms. The third-order valence-corrected chi connectivity index (χ3v) is 4.65. The number of anilines is 1. The highest BCUT2D eigenvalue weighted by atomic mass is 16.5. The molecule has 1 N–H and O–H groups in total. The summed E-state index contributed by atoms with van der Waals surface area (Å²) in [6.45, 7) is 4.50. The number of benzene rings is 3. The summed E-state index contributed by atoms with van der Waals surface area (Å²) in [6.07, 6.45) is 2.44. The first-order chi connectivity index (χ1) is 14.6. The molecule has 0 radical (unpaired) electrons. The van der Waals surface area contributed by atoms with Crippen LogP contribution in [0.4, 0.5) is 5.69 Å². The molecule has 0 heterocycles. The highest BCUT2D eigenvalue weighted by Crippen LogP contribution is 2.31.